The predicted molar refractivity (Wildman–Crippen MR) is 78.5 cm³/mol. The molecule has 0 aliphatic heterocycles. The highest BCUT2D eigenvalue weighted by Crippen LogP contribution is 2.24. The van der Waals surface area contributed by atoms with Crippen molar-refractivity contribution in [2.24, 2.45) is 17.8 Å². The zero-order valence-corrected chi connectivity index (χ0v) is 12.0. The highest BCUT2D eigenvalue weighted by Gasteiger charge is 2.13. The van der Waals surface area contributed by atoms with Gasteiger partial charge in [0.15, 0.2) is 5.69 Å². The van der Waals surface area contributed by atoms with E-state index in [1.807, 2.05) is 0 Å². The van der Waals surface area contributed by atoms with Gasteiger partial charge >= 0.3 is 0 Å². The summed E-state index contributed by atoms with van der Waals surface area (Å²) in [5, 5.41) is 3.97. The van der Waals surface area contributed by atoms with Crippen molar-refractivity contribution in [2.45, 2.75) is 0 Å². The third-order valence-corrected chi connectivity index (χ3v) is 2.93. The number of hydrogen-bond acceptors (Lipinski definition) is 5. The molecule has 1 aromatic heterocycles. The zero-order valence-electron chi connectivity index (χ0n) is 12.0. The molecule has 0 bridgehead atoms. The van der Waals surface area contributed by atoms with Gasteiger partial charge in [0.05, 0.1) is 20.4 Å². The maximum atomic E-state index is 11.4. The van der Waals surface area contributed by atoms with Crippen molar-refractivity contribution in [2.75, 3.05) is 14.2 Å². The summed E-state index contributed by atoms with van der Waals surface area (Å²) in [5.74, 6) is 0.738. The molecule has 21 heavy (non-hydrogen) atoms. The van der Waals surface area contributed by atoms with E-state index in [4.69, 9.17) is 15.2 Å². The van der Waals surface area contributed by atoms with Crippen molar-refractivity contribution >= 4 is 17.8 Å². The van der Waals surface area contributed by atoms with E-state index >= 15 is 0 Å². The van der Waals surface area contributed by atoms with Gasteiger partial charge in [0, 0.05) is 18.8 Å². The minimum atomic E-state index is -0.584. The lowest BCUT2D eigenvalue weighted by Gasteiger charge is -2.06. The number of nitrogens with two attached hydrogens (primary N) is 1. The summed E-state index contributed by atoms with van der Waals surface area (Å²) in [6, 6.07) is 5.34. The van der Waals surface area contributed by atoms with Gasteiger partial charge in [-0.3, -0.25) is 14.5 Å². The van der Waals surface area contributed by atoms with Crippen molar-refractivity contribution in [1.29, 1.82) is 0 Å². The molecule has 1 amide bonds. The van der Waals surface area contributed by atoms with Gasteiger partial charge in [-0.1, -0.05) is 0 Å². The number of aryl methyl sites for hydroxylation is 1. The third-order valence-electron chi connectivity index (χ3n) is 2.93. The van der Waals surface area contributed by atoms with Gasteiger partial charge in [-0.05, 0) is 18.2 Å². The molecular weight excluding hydrogens is 272 g/mol. The van der Waals surface area contributed by atoms with Crippen LogP contribution in [-0.4, -0.2) is 36.1 Å². The average molecular weight is 288 g/mol. The van der Waals surface area contributed by atoms with Crippen LogP contribution in [0.1, 0.15) is 16.1 Å². The number of primary amides is 1. The lowest BCUT2D eigenvalue weighted by atomic mass is 10.2. The lowest BCUT2D eigenvalue weighted by molar-refractivity contribution is 0.0992. The number of carbonyl (C=O) groups is 1. The van der Waals surface area contributed by atoms with Crippen LogP contribution in [0.3, 0.4) is 0 Å². The fourth-order valence-electron chi connectivity index (χ4n) is 1.89. The summed E-state index contributed by atoms with van der Waals surface area (Å²) in [6.45, 7) is 0. The Bertz CT molecular complexity index is 692. The second kappa shape index (κ2) is 6.08. The number of ether oxygens (including phenoxy) is 2. The summed E-state index contributed by atoms with van der Waals surface area (Å²) in [7, 11) is 4.78. The molecule has 0 atom stereocenters. The summed E-state index contributed by atoms with van der Waals surface area (Å²) >= 11 is 0. The van der Waals surface area contributed by atoms with E-state index in [0.717, 1.165) is 5.56 Å². The second-order valence-electron chi connectivity index (χ2n) is 4.23. The van der Waals surface area contributed by atoms with Gasteiger partial charge < -0.3 is 15.2 Å². The number of amides is 1. The summed E-state index contributed by atoms with van der Waals surface area (Å²) in [5.41, 5.74) is 6.67. The quantitative estimate of drug-likeness (QED) is 0.839. The molecular formula is C14H16N4O3. The molecule has 7 heteroatoms. The van der Waals surface area contributed by atoms with Crippen molar-refractivity contribution in [3.63, 3.8) is 0 Å². The normalized spacial score (nSPS) is 10.8. The molecule has 0 spiro atoms. The van der Waals surface area contributed by atoms with E-state index in [-0.39, 0.29) is 5.69 Å². The van der Waals surface area contributed by atoms with E-state index < -0.39 is 5.91 Å². The lowest BCUT2D eigenvalue weighted by Crippen LogP contribution is -2.15. The topological polar surface area (TPSA) is 91.7 Å². The van der Waals surface area contributed by atoms with Gasteiger partial charge in [0.1, 0.15) is 17.2 Å². The molecule has 110 valence electrons. The van der Waals surface area contributed by atoms with E-state index in [1.54, 1.807) is 45.7 Å². The van der Waals surface area contributed by atoms with Gasteiger partial charge in [-0.15, -0.1) is 0 Å². The van der Waals surface area contributed by atoms with Crippen LogP contribution in [0.2, 0.25) is 0 Å². The molecule has 1 heterocycles. The summed E-state index contributed by atoms with van der Waals surface area (Å²) in [6.07, 6.45) is 3.05. The van der Waals surface area contributed by atoms with Crippen molar-refractivity contribution in [1.82, 2.24) is 9.78 Å². The van der Waals surface area contributed by atoms with Crippen LogP contribution in [0.15, 0.2) is 29.4 Å². The van der Waals surface area contributed by atoms with E-state index in [0.29, 0.717) is 17.2 Å². The van der Waals surface area contributed by atoms with Gasteiger partial charge in [0.25, 0.3) is 5.91 Å². The zero-order chi connectivity index (χ0) is 15.4. The predicted octanol–water partition coefficient (Wildman–Crippen LogP) is 1.29. The van der Waals surface area contributed by atoms with Crippen LogP contribution in [-0.2, 0) is 7.05 Å². The number of methoxy groups -OCH3 is 2. The van der Waals surface area contributed by atoms with Gasteiger partial charge in [0.2, 0.25) is 0 Å². The number of hydrogen-bond donors (Lipinski definition) is 1. The Morgan fingerprint density at radius 3 is 2.76 bits per heavy atom. The maximum absolute atomic E-state index is 11.4. The molecule has 7 nitrogen and oxygen atoms in total. The highest BCUT2D eigenvalue weighted by atomic mass is 16.5. The number of rotatable bonds is 5. The molecule has 2 N–H and O–H groups in total. The molecule has 0 unspecified atom stereocenters. The summed E-state index contributed by atoms with van der Waals surface area (Å²) in [4.78, 5) is 15.6. The van der Waals surface area contributed by atoms with Crippen molar-refractivity contribution < 1.29 is 14.3 Å². The fourth-order valence-corrected chi connectivity index (χ4v) is 1.89. The van der Waals surface area contributed by atoms with Gasteiger partial charge in [-0.25, -0.2) is 0 Å². The smallest absolute Gasteiger partial charge is 0.269 e. The van der Waals surface area contributed by atoms with Gasteiger partial charge in [-0.2, -0.15) is 5.10 Å². The van der Waals surface area contributed by atoms with E-state index in [1.165, 1.54) is 10.9 Å². The highest BCUT2D eigenvalue weighted by molar-refractivity contribution is 5.97. The van der Waals surface area contributed by atoms with Crippen molar-refractivity contribution in [3.05, 3.63) is 35.7 Å². The van der Waals surface area contributed by atoms with E-state index in [9.17, 15) is 4.79 Å². The molecule has 0 radical (unpaired) electrons. The van der Waals surface area contributed by atoms with Crippen LogP contribution < -0.4 is 15.2 Å². The average Bonchev–Trinajstić information content (AvgIpc) is 2.85. The fraction of sp³-hybridized carbons (Fsp3) is 0.214. The first-order valence-electron chi connectivity index (χ1n) is 6.14. The molecule has 2 rings (SSSR count). The maximum Gasteiger partial charge on any atom is 0.269 e. The number of aliphatic imine (C=N–C) groups is 1. The summed E-state index contributed by atoms with van der Waals surface area (Å²) < 4.78 is 11.8. The minimum Gasteiger partial charge on any atom is -0.497 e. The Morgan fingerprint density at radius 2 is 2.14 bits per heavy atom. The second-order valence-corrected chi connectivity index (χ2v) is 4.23. The first-order valence-corrected chi connectivity index (χ1v) is 6.14. The van der Waals surface area contributed by atoms with Crippen LogP contribution in [0.5, 0.6) is 11.5 Å². The molecule has 0 saturated carbocycles. The molecule has 0 fully saturated rings. The SMILES string of the molecule is COc1ccc(OC)c(C=Nc2cnn(C)c2C(N)=O)c1. The first kappa shape index (κ1) is 14.6. The standard InChI is InChI=1S/C14H16N4O3/c1-18-13(14(15)19)11(8-17-18)16-7-9-6-10(20-2)4-5-12(9)21-3/h4-8H,1-3H3,(H2,15,19). The Labute approximate surface area is 122 Å². The number of benzene rings is 1. The Kier molecular flexibility index (Phi) is 4.22. The monoisotopic (exact) mass is 288 g/mol. The molecule has 2 aromatic rings. The number of carbonyl (C=O) groups excluding carboxylic acids is 1. The minimum absolute atomic E-state index is 0.244. The van der Waals surface area contributed by atoms with Crippen LogP contribution in [0.4, 0.5) is 5.69 Å². The molecule has 0 aliphatic rings. The Hall–Kier alpha value is -2.83. The molecule has 0 aliphatic carbocycles. The number of nitrogens with zero attached hydrogens (tertiary/aromatic N) is 3. The van der Waals surface area contributed by atoms with Crippen molar-refractivity contribution in [3.8, 4) is 11.5 Å². The third kappa shape index (κ3) is 3.02. The van der Waals surface area contributed by atoms with E-state index in [2.05, 4.69) is 10.1 Å². The molecule has 0 saturated heterocycles. The first-order chi connectivity index (χ1) is 10.1. The Morgan fingerprint density at radius 1 is 1.38 bits per heavy atom. The van der Waals surface area contributed by atoms with Crippen LogP contribution in [0, 0.1) is 0 Å². The Balaban J connectivity index is 2.39. The molecule has 1 aromatic carbocycles. The number of aromatic nitrogens is 2. The van der Waals surface area contributed by atoms with Crippen LogP contribution >= 0.6 is 0 Å². The largest absolute Gasteiger partial charge is 0.497 e. The van der Waals surface area contributed by atoms with Crippen LogP contribution in [0.25, 0.3) is 0 Å².